The molecule has 1 unspecified atom stereocenters. The number of benzene rings is 2. The van der Waals surface area contributed by atoms with Crippen LogP contribution in [0.3, 0.4) is 0 Å². The van der Waals surface area contributed by atoms with Crippen LogP contribution in [0.5, 0.6) is 0 Å². The molecule has 1 aliphatic heterocycles. The minimum Gasteiger partial charge on any atom is -0.462 e. The number of carbonyl (C=O) groups is 5. The average Bonchev–Trinajstić information content (AvgIpc) is 3.02. The number of hydrogen-bond donors (Lipinski definition) is 2. The maximum Gasteiger partial charge on any atom is 0.367 e. The second-order valence-electron chi connectivity index (χ2n) is 11.0. The summed E-state index contributed by atoms with van der Waals surface area (Å²) in [7, 11) is -2.40. The van der Waals surface area contributed by atoms with E-state index < -0.39 is 80.9 Å². The van der Waals surface area contributed by atoms with Crippen LogP contribution in [0.1, 0.15) is 59.1 Å². The summed E-state index contributed by atoms with van der Waals surface area (Å²) in [6.07, 6.45) is -4.19. The van der Waals surface area contributed by atoms with Crippen molar-refractivity contribution in [2.75, 3.05) is 6.61 Å². The van der Waals surface area contributed by atoms with Crippen molar-refractivity contribution in [2.45, 2.75) is 97.4 Å². The third-order valence-corrected chi connectivity index (χ3v) is 8.11. The molecule has 1 aliphatic rings. The van der Waals surface area contributed by atoms with Crippen molar-refractivity contribution in [1.29, 1.82) is 0 Å². The number of esters is 3. The Hall–Kier alpha value is -3.94. The highest BCUT2D eigenvalue weighted by atomic mass is 31.2. The third kappa shape index (κ3) is 11.6. The molecule has 0 spiro atoms. The van der Waals surface area contributed by atoms with Gasteiger partial charge in [0, 0.05) is 27.7 Å². The van der Waals surface area contributed by atoms with Gasteiger partial charge in [0.05, 0.1) is 38.3 Å². The van der Waals surface area contributed by atoms with Crippen LogP contribution in [0.25, 0.3) is 0 Å². The maximum absolute atomic E-state index is 13.9. The zero-order valence-corrected chi connectivity index (χ0v) is 28.7. The molecule has 1 fully saturated rings. The van der Waals surface area contributed by atoms with E-state index in [-0.39, 0.29) is 19.8 Å². The number of carbonyl (C=O) groups excluding carboxylic acids is 5. The summed E-state index contributed by atoms with van der Waals surface area (Å²) in [5.41, 5.74) is 1.57. The van der Waals surface area contributed by atoms with E-state index in [1.807, 2.05) is 60.7 Å². The van der Waals surface area contributed by atoms with Gasteiger partial charge >= 0.3 is 26.5 Å². The van der Waals surface area contributed by atoms with Crippen LogP contribution in [-0.4, -0.2) is 72.5 Å². The van der Waals surface area contributed by atoms with Crippen LogP contribution in [0.2, 0.25) is 0 Å². The largest absolute Gasteiger partial charge is 0.462 e. The van der Waals surface area contributed by atoms with Gasteiger partial charge in [0.15, 0.2) is 0 Å². The van der Waals surface area contributed by atoms with E-state index in [0.717, 1.165) is 18.1 Å². The van der Waals surface area contributed by atoms with Crippen molar-refractivity contribution in [3.8, 4) is 0 Å². The van der Waals surface area contributed by atoms with Crippen molar-refractivity contribution in [1.82, 2.24) is 10.6 Å². The molecular formula is C33H43N2O12P. The van der Waals surface area contributed by atoms with E-state index in [1.165, 1.54) is 27.7 Å². The van der Waals surface area contributed by atoms with E-state index in [9.17, 15) is 24.0 Å². The topological polar surface area (TPSA) is 174 Å². The van der Waals surface area contributed by atoms with Crippen molar-refractivity contribution in [3.05, 3.63) is 71.8 Å². The Labute approximate surface area is 281 Å². The van der Waals surface area contributed by atoms with Gasteiger partial charge in [0.1, 0.15) is 18.3 Å². The molecule has 2 aromatic carbocycles. The van der Waals surface area contributed by atoms with Crippen LogP contribution >= 0.6 is 8.60 Å². The van der Waals surface area contributed by atoms with Gasteiger partial charge in [-0.2, -0.15) is 0 Å². The first kappa shape index (κ1) is 38.5. The highest BCUT2D eigenvalue weighted by Crippen LogP contribution is 2.50. The molecule has 0 radical (unpaired) electrons. The van der Waals surface area contributed by atoms with E-state index >= 15 is 0 Å². The van der Waals surface area contributed by atoms with Crippen LogP contribution in [0.4, 0.5) is 0 Å². The molecule has 0 aromatic heterocycles. The fourth-order valence-electron chi connectivity index (χ4n) is 5.10. The Kier molecular flexibility index (Phi) is 14.9. The Morgan fingerprint density at radius 1 is 0.875 bits per heavy atom. The molecule has 14 nitrogen and oxygen atoms in total. The zero-order valence-electron chi connectivity index (χ0n) is 27.8. The highest BCUT2D eigenvalue weighted by molar-refractivity contribution is 7.41. The lowest BCUT2D eigenvalue weighted by Crippen LogP contribution is -2.70. The van der Waals surface area contributed by atoms with Crippen molar-refractivity contribution in [3.63, 3.8) is 0 Å². The molecule has 1 saturated heterocycles. The Morgan fingerprint density at radius 3 is 1.90 bits per heavy atom. The summed E-state index contributed by atoms with van der Waals surface area (Å²) in [6.45, 7) is 7.87. The molecule has 15 heteroatoms. The first-order chi connectivity index (χ1) is 22.8. The van der Waals surface area contributed by atoms with Gasteiger partial charge in [0.2, 0.25) is 11.8 Å². The second-order valence-corrected chi connectivity index (χ2v) is 12.2. The molecule has 1 heterocycles. The summed E-state index contributed by atoms with van der Waals surface area (Å²) in [6, 6.07) is 16.0. The lowest BCUT2D eigenvalue weighted by atomic mass is 9.87. The monoisotopic (exact) mass is 690 g/mol. The van der Waals surface area contributed by atoms with E-state index in [2.05, 4.69) is 10.6 Å². The summed E-state index contributed by atoms with van der Waals surface area (Å²) >= 11 is 0. The predicted molar refractivity (Wildman–Crippen MR) is 171 cm³/mol. The molecule has 0 aliphatic carbocycles. The van der Waals surface area contributed by atoms with Crippen LogP contribution in [0.15, 0.2) is 60.7 Å². The molecule has 262 valence electrons. The molecule has 2 N–H and O–H groups in total. The van der Waals surface area contributed by atoms with Gasteiger partial charge in [-0.1, -0.05) is 60.7 Å². The molecule has 6 atom stereocenters. The molecular weight excluding hydrogens is 647 g/mol. The first-order valence-electron chi connectivity index (χ1n) is 15.4. The van der Waals surface area contributed by atoms with Crippen LogP contribution in [0, 0.1) is 0 Å². The minimum absolute atomic E-state index is 0.0313. The van der Waals surface area contributed by atoms with Crippen molar-refractivity contribution >= 4 is 38.3 Å². The minimum atomic E-state index is -2.40. The van der Waals surface area contributed by atoms with Crippen LogP contribution < -0.4 is 10.6 Å². The summed E-state index contributed by atoms with van der Waals surface area (Å²) in [5.74, 6) is -5.84. The predicted octanol–water partition coefficient (Wildman–Crippen LogP) is 3.60. The lowest BCUT2D eigenvalue weighted by molar-refractivity contribution is -0.279. The van der Waals surface area contributed by atoms with Crippen molar-refractivity contribution < 1.29 is 56.5 Å². The van der Waals surface area contributed by atoms with E-state index in [0.29, 0.717) is 0 Å². The standard InChI is InChI=1S/C33H43N2O12P/c1-7-41-32(40)33(47-48(42-19-26-14-10-8-11-15-26)43-20-27-16-12-9-13-17-27)18-28(45-25(6)39)30(35-23(4)37)31(46-33)29(34-22(3)36)21(2)44-24(5)38/h8-17,21,28-31H,7,18-20H2,1-6H3,(H,34,36)(H,35,37)/t21-,28-,29-,30-,31-,33?/m0/s1. The number of nitrogens with one attached hydrogen (secondary N) is 2. The molecule has 48 heavy (non-hydrogen) atoms. The number of rotatable bonds is 16. The van der Waals surface area contributed by atoms with E-state index in [4.69, 9.17) is 32.5 Å². The van der Waals surface area contributed by atoms with Gasteiger partial charge < -0.3 is 38.6 Å². The number of ether oxygens (including phenoxy) is 4. The summed E-state index contributed by atoms with van der Waals surface area (Å²) < 4.78 is 41.5. The molecule has 3 rings (SSSR count). The smallest absolute Gasteiger partial charge is 0.367 e. The quantitative estimate of drug-likeness (QED) is 0.149. The van der Waals surface area contributed by atoms with Gasteiger partial charge in [-0.15, -0.1) is 0 Å². The molecule has 2 amide bonds. The van der Waals surface area contributed by atoms with Crippen molar-refractivity contribution in [2.24, 2.45) is 0 Å². The Morgan fingerprint density at radius 2 is 1.44 bits per heavy atom. The Balaban J connectivity index is 2.13. The molecule has 2 aromatic rings. The SMILES string of the molecule is CCOC(=O)C1(OP(OCc2ccccc2)OCc2ccccc2)C[C@H](OC(C)=O)[C@H](NC(C)=O)[C@H]([C@@H](NC(C)=O)[C@H](C)OC(C)=O)O1. The second kappa shape index (κ2) is 18.6. The molecule has 0 bridgehead atoms. The van der Waals surface area contributed by atoms with Crippen LogP contribution in [-0.2, 0) is 69.7 Å². The normalized spacial score (nSPS) is 21.8. The lowest BCUT2D eigenvalue weighted by Gasteiger charge is -2.49. The van der Waals surface area contributed by atoms with Gasteiger partial charge in [-0.25, -0.2) is 4.79 Å². The fourth-order valence-corrected chi connectivity index (χ4v) is 6.22. The average molecular weight is 691 g/mol. The highest BCUT2D eigenvalue weighted by Gasteiger charge is 2.59. The summed E-state index contributed by atoms with van der Waals surface area (Å²) in [4.78, 5) is 63.2. The van der Waals surface area contributed by atoms with Gasteiger partial charge in [0.25, 0.3) is 5.79 Å². The third-order valence-electron chi connectivity index (χ3n) is 6.99. The fraction of sp³-hybridized carbons (Fsp3) is 0.485. The summed E-state index contributed by atoms with van der Waals surface area (Å²) in [5, 5.41) is 5.40. The number of amides is 2. The Bertz CT molecular complexity index is 1320. The van der Waals surface area contributed by atoms with Gasteiger partial charge in [-0.05, 0) is 25.0 Å². The zero-order chi connectivity index (χ0) is 35.3. The van der Waals surface area contributed by atoms with Gasteiger partial charge in [-0.3, -0.25) is 23.7 Å². The molecule has 0 saturated carbocycles. The number of hydrogen-bond acceptors (Lipinski definition) is 12. The van der Waals surface area contributed by atoms with E-state index in [1.54, 1.807) is 6.92 Å². The maximum atomic E-state index is 13.9. The first-order valence-corrected chi connectivity index (χ1v) is 16.5.